The first kappa shape index (κ1) is 11.0. The van der Waals surface area contributed by atoms with Crippen molar-refractivity contribution in [1.82, 2.24) is 0 Å². The zero-order valence-corrected chi connectivity index (χ0v) is 4.24. The molecule has 0 aromatic carbocycles. The Morgan fingerprint density at radius 1 is 1.00 bits per heavy atom. The smallest absolute Gasteiger partial charge is 0.381 e. The van der Waals surface area contributed by atoms with Crippen molar-refractivity contribution in [2.75, 3.05) is 13.2 Å². The summed E-state index contributed by atoms with van der Waals surface area (Å²) in [5.41, 5.74) is 0. The Kier molecular flexibility index (Phi) is 11.1. The molecule has 1 aliphatic heterocycles. The molecule has 0 aliphatic carbocycles. The molecular weight excluding hydrogens is 98.0 g/mol. The molecule has 1 heterocycles. The standard InChI is InChI=1S/C4H8O.Al.Li.4H/c1-2-4-5-3-1;;;;;;/h1-4H2;;;;;;/q;-1;+1;;;;. The van der Waals surface area contributed by atoms with E-state index in [-0.39, 0.29) is 36.2 Å². The van der Waals surface area contributed by atoms with E-state index >= 15 is 0 Å². The SMILES string of the molecule is C1CCOC1.[AlH4-].[Li+]. The van der Waals surface area contributed by atoms with Crippen LogP contribution in [0, 0.1) is 0 Å². The summed E-state index contributed by atoms with van der Waals surface area (Å²) in [6, 6.07) is 0. The van der Waals surface area contributed by atoms with Crippen molar-refractivity contribution in [1.29, 1.82) is 0 Å². The Balaban J connectivity index is 0. The van der Waals surface area contributed by atoms with Gasteiger partial charge in [0.1, 0.15) is 0 Å². The van der Waals surface area contributed by atoms with E-state index in [4.69, 9.17) is 4.74 Å². The molecule has 0 aromatic heterocycles. The molecule has 0 bridgehead atoms. The number of hydrogen-bond acceptors (Lipinski definition) is 1. The fourth-order valence-corrected chi connectivity index (χ4v) is 0.510. The van der Waals surface area contributed by atoms with Gasteiger partial charge in [0.2, 0.25) is 0 Å². The second-order valence-electron chi connectivity index (χ2n) is 1.32. The average Bonchev–Trinajstić information content (AvgIpc) is 1.76. The molecule has 0 amide bonds. The van der Waals surface area contributed by atoms with Crippen LogP contribution in [0.3, 0.4) is 0 Å². The first-order valence-corrected chi connectivity index (χ1v) is 2.08. The minimum atomic E-state index is 0. The van der Waals surface area contributed by atoms with E-state index in [0.717, 1.165) is 13.2 Å². The van der Waals surface area contributed by atoms with Crippen LogP contribution in [0.2, 0.25) is 0 Å². The molecule has 7 heavy (non-hydrogen) atoms. The van der Waals surface area contributed by atoms with Crippen LogP contribution in [-0.2, 0) is 4.74 Å². The molecule has 1 rings (SSSR count). The topological polar surface area (TPSA) is 9.23 Å². The van der Waals surface area contributed by atoms with Crippen molar-refractivity contribution in [2.45, 2.75) is 12.8 Å². The largest absolute Gasteiger partial charge is 1.00 e. The third-order valence-corrected chi connectivity index (χ3v) is 0.827. The molecule has 1 nitrogen and oxygen atoms in total. The molecule has 1 aliphatic rings. The van der Waals surface area contributed by atoms with Crippen molar-refractivity contribution >= 4 is 17.4 Å². The minimum absolute atomic E-state index is 0. The van der Waals surface area contributed by atoms with Crippen molar-refractivity contribution < 1.29 is 23.6 Å². The Morgan fingerprint density at radius 3 is 1.57 bits per heavy atom. The van der Waals surface area contributed by atoms with Gasteiger partial charge in [0.05, 0.1) is 0 Å². The summed E-state index contributed by atoms with van der Waals surface area (Å²) in [7, 11) is 0. The van der Waals surface area contributed by atoms with Gasteiger partial charge >= 0.3 is 18.9 Å². The summed E-state index contributed by atoms with van der Waals surface area (Å²) in [5, 5.41) is 0. The minimum Gasteiger partial charge on any atom is -0.381 e. The first-order chi connectivity index (χ1) is 2.50. The molecule has 0 spiro atoms. The summed E-state index contributed by atoms with van der Waals surface area (Å²) in [6.45, 7) is 2.00. The second kappa shape index (κ2) is 7.09. The van der Waals surface area contributed by atoms with Gasteiger partial charge in [-0.2, -0.15) is 0 Å². The van der Waals surface area contributed by atoms with E-state index in [1.807, 2.05) is 0 Å². The molecule has 38 valence electrons. The number of rotatable bonds is 0. The summed E-state index contributed by atoms with van der Waals surface area (Å²) in [6.07, 6.45) is 2.56. The van der Waals surface area contributed by atoms with Gasteiger partial charge < -0.3 is 4.74 Å². The fourth-order valence-electron chi connectivity index (χ4n) is 0.510. The van der Waals surface area contributed by atoms with Crippen molar-refractivity contribution in [2.24, 2.45) is 0 Å². The van der Waals surface area contributed by atoms with E-state index in [1.165, 1.54) is 12.8 Å². The van der Waals surface area contributed by atoms with Crippen LogP contribution in [0.5, 0.6) is 0 Å². The maximum atomic E-state index is 4.94. The zero-order valence-electron chi connectivity index (χ0n) is 4.24. The molecule has 0 radical (unpaired) electrons. The average molecular weight is 110 g/mol. The van der Waals surface area contributed by atoms with Gasteiger partial charge in [-0.15, -0.1) is 0 Å². The Labute approximate surface area is 67.1 Å². The maximum Gasteiger partial charge on any atom is 1.00 e. The van der Waals surface area contributed by atoms with Gasteiger partial charge in [-0.1, -0.05) is 0 Å². The predicted octanol–water partition coefficient (Wildman–Crippen LogP) is -3.65. The van der Waals surface area contributed by atoms with E-state index < -0.39 is 0 Å². The Bertz CT molecular complexity index is 23.3. The summed E-state index contributed by atoms with van der Waals surface area (Å²) < 4.78 is 4.94. The molecule has 0 unspecified atom stereocenters. The van der Waals surface area contributed by atoms with Crippen LogP contribution in [0.25, 0.3) is 0 Å². The Hall–Kier alpha value is 1.09. The van der Waals surface area contributed by atoms with Crippen molar-refractivity contribution in [3.05, 3.63) is 0 Å². The number of hydrogen-bond donors (Lipinski definition) is 0. The molecule has 3 heteroatoms. The molecule has 0 saturated carbocycles. The Morgan fingerprint density at radius 2 is 1.43 bits per heavy atom. The molecule has 1 fully saturated rings. The third kappa shape index (κ3) is 4.95. The summed E-state index contributed by atoms with van der Waals surface area (Å²) in [5.74, 6) is 0. The molecular formula is C4H12AlLiO. The molecule has 0 aromatic rings. The van der Waals surface area contributed by atoms with E-state index in [1.54, 1.807) is 0 Å². The molecule has 1 saturated heterocycles. The second-order valence-corrected chi connectivity index (χ2v) is 1.32. The van der Waals surface area contributed by atoms with Crippen LogP contribution in [0.4, 0.5) is 0 Å². The van der Waals surface area contributed by atoms with E-state index in [0.29, 0.717) is 0 Å². The van der Waals surface area contributed by atoms with Crippen LogP contribution < -0.4 is 18.9 Å². The normalized spacial score (nSPS) is 17.1. The molecule has 0 N–H and O–H groups in total. The van der Waals surface area contributed by atoms with Gasteiger partial charge in [0.25, 0.3) is 0 Å². The monoisotopic (exact) mass is 110 g/mol. The first-order valence-electron chi connectivity index (χ1n) is 2.08. The van der Waals surface area contributed by atoms with Crippen LogP contribution in [0.15, 0.2) is 0 Å². The van der Waals surface area contributed by atoms with Crippen molar-refractivity contribution in [3.63, 3.8) is 0 Å². The van der Waals surface area contributed by atoms with Crippen LogP contribution in [-0.4, -0.2) is 30.6 Å². The fraction of sp³-hybridized carbons (Fsp3) is 1.00. The van der Waals surface area contributed by atoms with E-state index in [2.05, 4.69) is 0 Å². The van der Waals surface area contributed by atoms with Gasteiger partial charge in [0, 0.05) is 30.6 Å². The van der Waals surface area contributed by atoms with Crippen molar-refractivity contribution in [3.8, 4) is 0 Å². The van der Waals surface area contributed by atoms with Crippen LogP contribution >= 0.6 is 0 Å². The van der Waals surface area contributed by atoms with Crippen LogP contribution in [0.1, 0.15) is 12.8 Å². The van der Waals surface area contributed by atoms with Gasteiger partial charge in [-0.3, -0.25) is 0 Å². The zero-order chi connectivity index (χ0) is 3.54. The third-order valence-electron chi connectivity index (χ3n) is 0.827. The summed E-state index contributed by atoms with van der Waals surface area (Å²) >= 11 is 0. The quantitative estimate of drug-likeness (QED) is 0.292. The van der Waals surface area contributed by atoms with Gasteiger partial charge in [0.15, 0.2) is 0 Å². The van der Waals surface area contributed by atoms with Gasteiger partial charge in [-0.25, -0.2) is 0 Å². The van der Waals surface area contributed by atoms with Gasteiger partial charge in [-0.05, 0) is 12.8 Å². The number of ether oxygens (including phenoxy) is 1. The predicted molar refractivity (Wildman–Crippen MR) is 31.4 cm³/mol. The molecule has 0 atom stereocenters. The summed E-state index contributed by atoms with van der Waals surface area (Å²) in [4.78, 5) is 0. The maximum absolute atomic E-state index is 4.94. The van der Waals surface area contributed by atoms with E-state index in [9.17, 15) is 0 Å².